The molecule has 0 aliphatic rings. The second-order valence-electron chi connectivity index (χ2n) is 3.19. The van der Waals surface area contributed by atoms with Gasteiger partial charge in [-0.2, -0.15) is 8.42 Å². The molecule has 1 rings (SSSR count). The second kappa shape index (κ2) is 3.88. The summed E-state index contributed by atoms with van der Waals surface area (Å²) in [5.41, 5.74) is 6.01. The van der Waals surface area contributed by atoms with E-state index in [4.69, 9.17) is 9.92 Å². The molecule has 0 amide bonds. The average molecular weight is 215 g/mol. The van der Waals surface area contributed by atoms with Gasteiger partial charge in [0.1, 0.15) is 5.75 Å². The number of benzene rings is 1. The molecule has 0 fully saturated rings. The van der Waals surface area contributed by atoms with Gasteiger partial charge in [-0.15, -0.1) is 0 Å². The standard InChI is InChI=1S/C9H13NO3S/c1-7(2)14(11,12)13-9-5-3-8(10)4-6-9/h3-7H,10H2,1-2H3. The fraction of sp³-hybridized carbons (Fsp3) is 0.333. The van der Waals surface area contributed by atoms with E-state index >= 15 is 0 Å². The van der Waals surface area contributed by atoms with Gasteiger partial charge in [0.05, 0.1) is 5.25 Å². The van der Waals surface area contributed by atoms with Crippen LogP contribution in [0.15, 0.2) is 24.3 Å². The largest absolute Gasteiger partial charge is 0.399 e. The first-order chi connectivity index (χ1) is 6.42. The number of hydrogen-bond acceptors (Lipinski definition) is 4. The maximum atomic E-state index is 11.3. The van der Waals surface area contributed by atoms with Crippen molar-refractivity contribution >= 4 is 15.8 Å². The van der Waals surface area contributed by atoms with Crippen molar-refractivity contribution in [3.05, 3.63) is 24.3 Å². The Morgan fingerprint density at radius 1 is 1.21 bits per heavy atom. The summed E-state index contributed by atoms with van der Waals surface area (Å²) in [5.74, 6) is 0.285. The van der Waals surface area contributed by atoms with Gasteiger partial charge in [-0.1, -0.05) is 0 Å². The van der Waals surface area contributed by atoms with Crippen LogP contribution < -0.4 is 9.92 Å². The summed E-state index contributed by atoms with van der Waals surface area (Å²) in [4.78, 5) is 0. The third-order valence-electron chi connectivity index (χ3n) is 1.67. The molecular weight excluding hydrogens is 202 g/mol. The lowest BCUT2D eigenvalue weighted by atomic mass is 10.3. The Labute approximate surface area is 83.8 Å². The van der Waals surface area contributed by atoms with Crippen LogP contribution in [-0.4, -0.2) is 13.7 Å². The van der Waals surface area contributed by atoms with Crippen molar-refractivity contribution in [3.63, 3.8) is 0 Å². The summed E-state index contributed by atoms with van der Waals surface area (Å²) in [6.45, 7) is 3.12. The molecule has 0 saturated carbocycles. The third-order valence-corrected chi connectivity index (χ3v) is 3.25. The van der Waals surface area contributed by atoms with E-state index < -0.39 is 15.4 Å². The van der Waals surface area contributed by atoms with Crippen LogP contribution >= 0.6 is 0 Å². The molecule has 2 N–H and O–H groups in total. The molecule has 0 unspecified atom stereocenters. The number of nitrogen functional groups attached to an aromatic ring is 1. The smallest absolute Gasteiger partial charge is 0.311 e. The molecule has 0 bridgehead atoms. The lowest BCUT2D eigenvalue weighted by Crippen LogP contribution is -2.19. The first-order valence-electron chi connectivity index (χ1n) is 4.20. The molecule has 5 heteroatoms. The zero-order valence-corrected chi connectivity index (χ0v) is 8.91. The summed E-state index contributed by atoms with van der Waals surface area (Å²) in [6, 6.07) is 6.22. The summed E-state index contributed by atoms with van der Waals surface area (Å²) in [6.07, 6.45) is 0. The van der Waals surface area contributed by atoms with Crippen molar-refractivity contribution in [2.45, 2.75) is 19.1 Å². The highest BCUT2D eigenvalue weighted by atomic mass is 32.2. The lowest BCUT2D eigenvalue weighted by Gasteiger charge is -2.09. The maximum Gasteiger partial charge on any atom is 0.311 e. The molecule has 1 aromatic carbocycles. The number of rotatable bonds is 3. The van der Waals surface area contributed by atoms with Gasteiger partial charge in [0.2, 0.25) is 0 Å². The normalized spacial score (nSPS) is 11.6. The van der Waals surface area contributed by atoms with Crippen LogP contribution in [0.4, 0.5) is 5.69 Å². The number of anilines is 1. The Kier molecular flexibility index (Phi) is 3.00. The van der Waals surface area contributed by atoms with E-state index in [9.17, 15) is 8.42 Å². The topological polar surface area (TPSA) is 69.4 Å². The first-order valence-corrected chi connectivity index (χ1v) is 5.68. The van der Waals surface area contributed by atoms with Crippen LogP contribution in [0.2, 0.25) is 0 Å². The second-order valence-corrected chi connectivity index (χ2v) is 5.29. The van der Waals surface area contributed by atoms with E-state index in [-0.39, 0.29) is 5.75 Å². The number of nitrogens with two attached hydrogens (primary N) is 1. The maximum absolute atomic E-state index is 11.3. The van der Waals surface area contributed by atoms with Gasteiger partial charge in [-0.05, 0) is 38.1 Å². The zero-order chi connectivity index (χ0) is 10.8. The van der Waals surface area contributed by atoms with E-state index in [2.05, 4.69) is 0 Å². The van der Waals surface area contributed by atoms with E-state index in [1.807, 2.05) is 0 Å². The molecule has 0 heterocycles. The summed E-state index contributed by atoms with van der Waals surface area (Å²) in [5, 5.41) is -0.556. The Bertz CT molecular complexity index is 395. The Morgan fingerprint density at radius 3 is 2.14 bits per heavy atom. The van der Waals surface area contributed by atoms with Crippen molar-refractivity contribution < 1.29 is 12.6 Å². The van der Waals surface area contributed by atoms with Crippen molar-refractivity contribution in [2.75, 3.05) is 5.73 Å². The van der Waals surface area contributed by atoms with Crippen LogP contribution in [0.1, 0.15) is 13.8 Å². The molecule has 4 nitrogen and oxygen atoms in total. The van der Waals surface area contributed by atoms with Gasteiger partial charge in [-0.25, -0.2) is 0 Å². The fourth-order valence-electron chi connectivity index (χ4n) is 0.754. The fourth-order valence-corrected chi connectivity index (χ4v) is 1.33. The van der Waals surface area contributed by atoms with E-state index in [0.29, 0.717) is 5.69 Å². The molecule has 0 saturated heterocycles. The summed E-state index contributed by atoms with van der Waals surface area (Å²) >= 11 is 0. The summed E-state index contributed by atoms with van der Waals surface area (Å²) in [7, 11) is -3.50. The average Bonchev–Trinajstić information content (AvgIpc) is 2.08. The zero-order valence-electron chi connectivity index (χ0n) is 8.10. The van der Waals surface area contributed by atoms with Crippen LogP contribution in [0.25, 0.3) is 0 Å². The van der Waals surface area contributed by atoms with Crippen molar-refractivity contribution in [1.82, 2.24) is 0 Å². The van der Waals surface area contributed by atoms with E-state index in [1.165, 1.54) is 12.1 Å². The minimum Gasteiger partial charge on any atom is -0.399 e. The van der Waals surface area contributed by atoms with Gasteiger partial charge in [0, 0.05) is 5.69 Å². The highest BCUT2D eigenvalue weighted by Gasteiger charge is 2.17. The Hall–Kier alpha value is -1.23. The number of hydrogen-bond donors (Lipinski definition) is 1. The Balaban J connectivity index is 2.85. The van der Waals surface area contributed by atoms with Gasteiger partial charge >= 0.3 is 10.1 Å². The molecule has 0 spiro atoms. The van der Waals surface area contributed by atoms with Gasteiger partial charge in [0.25, 0.3) is 0 Å². The highest BCUT2D eigenvalue weighted by molar-refractivity contribution is 7.87. The minimum absolute atomic E-state index is 0.285. The molecular formula is C9H13NO3S. The molecule has 1 aromatic rings. The van der Waals surface area contributed by atoms with E-state index in [0.717, 1.165) is 0 Å². The molecule has 78 valence electrons. The van der Waals surface area contributed by atoms with Crippen LogP contribution in [-0.2, 0) is 10.1 Å². The van der Waals surface area contributed by atoms with Crippen LogP contribution in [0.3, 0.4) is 0 Å². The third kappa shape index (κ3) is 2.63. The monoisotopic (exact) mass is 215 g/mol. The predicted octanol–water partition coefficient (Wildman–Crippen LogP) is 1.39. The molecule has 0 aliphatic heterocycles. The molecule has 0 aromatic heterocycles. The van der Waals surface area contributed by atoms with Crippen molar-refractivity contribution in [3.8, 4) is 5.75 Å². The van der Waals surface area contributed by atoms with Gasteiger partial charge < -0.3 is 9.92 Å². The molecule has 0 radical (unpaired) electrons. The first kappa shape index (κ1) is 10.8. The van der Waals surface area contributed by atoms with Gasteiger partial charge in [-0.3, -0.25) is 0 Å². The van der Waals surface area contributed by atoms with Gasteiger partial charge in [0.15, 0.2) is 0 Å². The quantitative estimate of drug-likeness (QED) is 0.611. The van der Waals surface area contributed by atoms with E-state index in [1.54, 1.807) is 26.0 Å². The molecule has 0 aliphatic carbocycles. The molecule has 0 atom stereocenters. The lowest BCUT2D eigenvalue weighted by molar-refractivity contribution is 0.477. The van der Waals surface area contributed by atoms with Crippen molar-refractivity contribution in [1.29, 1.82) is 0 Å². The van der Waals surface area contributed by atoms with Crippen LogP contribution in [0, 0.1) is 0 Å². The highest BCUT2D eigenvalue weighted by Crippen LogP contribution is 2.16. The SMILES string of the molecule is CC(C)S(=O)(=O)Oc1ccc(N)cc1. The van der Waals surface area contributed by atoms with Crippen LogP contribution in [0.5, 0.6) is 5.75 Å². The minimum atomic E-state index is -3.50. The molecule has 14 heavy (non-hydrogen) atoms. The van der Waals surface area contributed by atoms with Crippen molar-refractivity contribution in [2.24, 2.45) is 0 Å². The summed E-state index contributed by atoms with van der Waals surface area (Å²) < 4.78 is 27.5. The predicted molar refractivity (Wildman–Crippen MR) is 55.5 cm³/mol. The Morgan fingerprint density at radius 2 is 1.71 bits per heavy atom.